The van der Waals surface area contributed by atoms with Crippen molar-refractivity contribution in [3.63, 3.8) is 0 Å². The van der Waals surface area contributed by atoms with Crippen molar-refractivity contribution in [2.75, 3.05) is 19.6 Å². The van der Waals surface area contributed by atoms with Crippen LogP contribution in [0.2, 0.25) is 0 Å². The van der Waals surface area contributed by atoms with Crippen molar-refractivity contribution >= 4 is 12.1 Å². The average Bonchev–Trinajstić information content (AvgIpc) is 2.44. The second kappa shape index (κ2) is 8.97. The number of urea groups is 1. The van der Waals surface area contributed by atoms with Gasteiger partial charge in [-0.05, 0) is 38.8 Å². The van der Waals surface area contributed by atoms with Gasteiger partial charge >= 0.3 is 12.1 Å². The van der Waals surface area contributed by atoms with Gasteiger partial charge in [0, 0.05) is 19.6 Å². The topological polar surface area (TPSA) is 79.5 Å². The first-order valence-corrected chi connectivity index (χ1v) is 7.50. The fourth-order valence-electron chi connectivity index (χ4n) is 1.73. The molecule has 0 heterocycles. The first-order chi connectivity index (χ1) is 10.8. The summed E-state index contributed by atoms with van der Waals surface area (Å²) < 4.78 is 18.4. The third-order valence-electron chi connectivity index (χ3n) is 2.72. The molecule has 1 aromatic carbocycles. The van der Waals surface area contributed by atoms with Gasteiger partial charge in [0.2, 0.25) is 0 Å². The van der Waals surface area contributed by atoms with Crippen LogP contribution in [-0.4, -0.2) is 37.4 Å². The molecule has 0 saturated carbocycles. The van der Waals surface area contributed by atoms with Crippen molar-refractivity contribution in [1.29, 1.82) is 0 Å². The quantitative estimate of drug-likeness (QED) is 0.702. The van der Waals surface area contributed by atoms with Crippen molar-refractivity contribution in [2.24, 2.45) is 0 Å². The summed E-state index contributed by atoms with van der Waals surface area (Å²) in [7, 11) is 0. The van der Waals surface area contributed by atoms with Crippen molar-refractivity contribution in [3.05, 3.63) is 35.6 Å². The second-order valence-corrected chi connectivity index (χ2v) is 5.95. The number of ether oxygens (including phenoxy) is 1. The molecule has 1 rings (SSSR count). The monoisotopic (exact) mass is 325 g/mol. The number of hydrogen-bond acceptors (Lipinski definition) is 3. The van der Waals surface area contributed by atoms with Crippen molar-refractivity contribution in [2.45, 2.75) is 32.8 Å². The maximum absolute atomic E-state index is 13.4. The lowest BCUT2D eigenvalue weighted by atomic mass is 10.1. The van der Waals surface area contributed by atoms with Crippen LogP contribution in [0.1, 0.15) is 26.3 Å². The summed E-state index contributed by atoms with van der Waals surface area (Å²) in [4.78, 5) is 22.9. The molecule has 0 aliphatic heterocycles. The maximum Gasteiger partial charge on any atom is 0.407 e. The van der Waals surface area contributed by atoms with E-state index in [1.165, 1.54) is 6.07 Å². The van der Waals surface area contributed by atoms with Crippen LogP contribution in [0.25, 0.3) is 0 Å². The molecule has 0 atom stereocenters. The molecule has 0 aromatic heterocycles. The summed E-state index contributed by atoms with van der Waals surface area (Å²) in [6.45, 7) is 6.17. The molecule has 0 unspecified atom stereocenters. The van der Waals surface area contributed by atoms with E-state index < -0.39 is 11.7 Å². The fourth-order valence-corrected chi connectivity index (χ4v) is 1.73. The zero-order valence-corrected chi connectivity index (χ0v) is 13.7. The van der Waals surface area contributed by atoms with Crippen molar-refractivity contribution in [3.8, 4) is 0 Å². The first kappa shape index (κ1) is 18.7. The van der Waals surface area contributed by atoms with Gasteiger partial charge < -0.3 is 20.7 Å². The summed E-state index contributed by atoms with van der Waals surface area (Å²) in [5, 5.41) is 7.74. The van der Waals surface area contributed by atoms with Gasteiger partial charge in [-0.3, -0.25) is 0 Å². The van der Waals surface area contributed by atoms with Crippen LogP contribution >= 0.6 is 0 Å². The predicted octanol–water partition coefficient (Wildman–Crippen LogP) is 2.19. The van der Waals surface area contributed by atoms with E-state index in [0.717, 1.165) is 0 Å². The Morgan fingerprint density at radius 3 is 2.30 bits per heavy atom. The summed E-state index contributed by atoms with van der Waals surface area (Å²) in [5.74, 6) is -0.281. The number of rotatable bonds is 6. The minimum atomic E-state index is -0.554. The predicted molar refractivity (Wildman–Crippen MR) is 85.7 cm³/mol. The Morgan fingerprint density at radius 2 is 1.65 bits per heavy atom. The molecular weight excluding hydrogens is 301 g/mol. The van der Waals surface area contributed by atoms with Gasteiger partial charge in [0.05, 0.1) is 0 Å². The molecule has 3 amide bonds. The second-order valence-electron chi connectivity index (χ2n) is 5.95. The molecule has 0 fully saturated rings. The highest BCUT2D eigenvalue weighted by atomic mass is 19.1. The van der Waals surface area contributed by atoms with Gasteiger partial charge in [-0.25, -0.2) is 14.0 Å². The van der Waals surface area contributed by atoms with Gasteiger partial charge in [0.15, 0.2) is 0 Å². The molecule has 0 aliphatic rings. The van der Waals surface area contributed by atoms with Crippen LogP contribution in [0.5, 0.6) is 0 Å². The standard InChI is InChI=1S/C16H24FN3O3/c1-16(2,3)23-15(22)20-11-10-19-14(21)18-9-8-12-6-4-5-7-13(12)17/h4-7H,8-11H2,1-3H3,(H,20,22)(H2,18,19,21). The maximum atomic E-state index is 13.4. The Balaban J connectivity index is 2.11. The highest BCUT2D eigenvalue weighted by Gasteiger charge is 2.15. The van der Waals surface area contributed by atoms with E-state index in [0.29, 0.717) is 18.5 Å². The summed E-state index contributed by atoms with van der Waals surface area (Å²) >= 11 is 0. The van der Waals surface area contributed by atoms with Crippen LogP contribution in [0, 0.1) is 5.82 Å². The lowest BCUT2D eigenvalue weighted by molar-refractivity contribution is 0.0528. The zero-order valence-electron chi connectivity index (χ0n) is 13.7. The number of alkyl carbamates (subject to hydrolysis) is 1. The highest BCUT2D eigenvalue weighted by Crippen LogP contribution is 2.06. The number of carbonyl (C=O) groups is 2. The number of carbonyl (C=O) groups excluding carboxylic acids is 2. The highest BCUT2D eigenvalue weighted by molar-refractivity contribution is 5.74. The third kappa shape index (κ3) is 8.65. The normalized spacial score (nSPS) is 10.8. The van der Waals surface area contributed by atoms with Crippen LogP contribution in [-0.2, 0) is 11.2 Å². The van der Waals surface area contributed by atoms with E-state index in [1.807, 2.05) is 0 Å². The molecule has 3 N–H and O–H groups in total. The smallest absolute Gasteiger partial charge is 0.407 e. The van der Waals surface area contributed by atoms with Gasteiger partial charge in [0.25, 0.3) is 0 Å². The van der Waals surface area contributed by atoms with E-state index in [9.17, 15) is 14.0 Å². The van der Waals surface area contributed by atoms with Crippen LogP contribution in [0.3, 0.4) is 0 Å². The molecule has 0 saturated heterocycles. The minimum absolute atomic E-state index is 0.260. The molecule has 23 heavy (non-hydrogen) atoms. The molecular formula is C16H24FN3O3. The number of halogens is 1. The largest absolute Gasteiger partial charge is 0.444 e. The Labute approximate surface area is 135 Å². The Morgan fingerprint density at radius 1 is 1.04 bits per heavy atom. The molecule has 7 heteroatoms. The third-order valence-corrected chi connectivity index (χ3v) is 2.72. The van der Waals surface area contributed by atoms with E-state index in [4.69, 9.17) is 4.74 Å². The number of nitrogens with one attached hydrogen (secondary N) is 3. The molecule has 128 valence electrons. The molecule has 6 nitrogen and oxygen atoms in total. The summed E-state index contributed by atoms with van der Waals surface area (Å²) in [6.07, 6.45) is -0.116. The van der Waals surface area contributed by atoms with E-state index in [-0.39, 0.29) is 24.9 Å². The van der Waals surface area contributed by atoms with E-state index in [2.05, 4.69) is 16.0 Å². The molecule has 0 aliphatic carbocycles. The minimum Gasteiger partial charge on any atom is -0.444 e. The van der Waals surface area contributed by atoms with Crippen molar-refractivity contribution < 1.29 is 18.7 Å². The zero-order chi connectivity index (χ0) is 17.3. The lowest BCUT2D eigenvalue weighted by Crippen LogP contribution is -2.42. The molecule has 0 radical (unpaired) electrons. The van der Waals surface area contributed by atoms with Crippen LogP contribution in [0.15, 0.2) is 24.3 Å². The molecule has 0 bridgehead atoms. The van der Waals surface area contributed by atoms with Gasteiger partial charge in [-0.1, -0.05) is 18.2 Å². The number of amides is 3. The first-order valence-electron chi connectivity index (χ1n) is 7.50. The molecule has 1 aromatic rings. The Hall–Kier alpha value is -2.31. The van der Waals surface area contributed by atoms with Crippen molar-refractivity contribution in [1.82, 2.24) is 16.0 Å². The van der Waals surface area contributed by atoms with Gasteiger partial charge in [0.1, 0.15) is 11.4 Å². The SMILES string of the molecule is CC(C)(C)OC(=O)NCCNC(=O)NCCc1ccccc1F. The fraction of sp³-hybridized carbons (Fsp3) is 0.500. The number of hydrogen-bond donors (Lipinski definition) is 3. The Kier molecular flexibility index (Phi) is 7.31. The van der Waals surface area contributed by atoms with E-state index in [1.54, 1.807) is 39.0 Å². The number of benzene rings is 1. The van der Waals surface area contributed by atoms with Crippen LogP contribution in [0.4, 0.5) is 14.0 Å². The Bertz CT molecular complexity index is 530. The average molecular weight is 325 g/mol. The molecule has 0 spiro atoms. The lowest BCUT2D eigenvalue weighted by Gasteiger charge is -2.19. The van der Waals surface area contributed by atoms with Crippen LogP contribution < -0.4 is 16.0 Å². The summed E-state index contributed by atoms with van der Waals surface area (Å²) in [5.41, 5.74) is 0.00102. The van der Waals surface area contributed by atoms with E-state index >= 15 is 0 Å². The van der Waals surface area contributed by atoms with Gasteiger partial charge in [-0.15, -0.1) is 0 Å². The van der Waals surface area contributed by atoms with Gasteiger partial charge in [-0.2, -0.15) is 0 Å². The summed E-state index contributed by atoms with van der Waals surface area (Å²) in [6, 6.07) is 6.07.